The largest absolute Gasteiger partial charge is 0.493 e. The van der Waals surface area contributed by atoms with E-state index >= 15 is 0 Å². The number of hydrogen-bond acceptors (Lipinski definition) is 6. The van der Waals surface area contributed by atoms with Crippen molar-refractivity contribution in [2.45, 2.75) is 13.5 Å². The Bertz CT molecular complexity index is 902. The zero-order chi connectivity index (χ0) is 18.5. The lowest BCUT2D eigenvalue weighted by Crippen LogP contribution is -2.06. The molecule has 0 saturated carbocycles. The van der Waals surface area contributed by atoms with Crippen LogP contribution in [0.15, 0.2) is 52.9 Å². The van der Waals surface area contributed by atoms with Crippen molar-refractivity contribution in [1.82, 2.24) is 4.98 Å². The zero-order valence-corrected chi connectivity index (χ0v) is 14.8. The van der Waals surface area contributed by atoms with Crippen LogP contribution in [-0.4, -0.2) is 25.2 Å². The Morgan fingerprint density at radius 3 is 2.46 bits per heavy atom. The molecule has 6 heteroatoms. The molecule has 1 aromatic heterocycles. The maximum atomic E-state index is 12.3. The average molecular weight is 353 g/mol. The Morgan fingerprint density at radius 1 is 1.04 bits per heavy atom. The first kappa shape index (κ1) is 17.5. The van der Waals surface area contributed by atoms with E-state index in [2.05, 4.69) is 4.98 Å². The Kier molecular flexibility index (Phi) is 5.22. The van der Waals surface area contributed by atoms with Crippen molar-refractivity contribution in [1.29, 1.82) is 0 Å². The number of rotatable bonds is 6. The lowest BCUT2D eigenvalue weighted by Gasteiger charge is -2.09. The summed E-state index contributed by atoms with van der Waals surface area (Å²) < 4.78 is 21.4. The third kappa shape index (κ3) is 3.69. The third-order valence-electron chi connectivity index (χ3n) is 3.87. The van der Waals surface area contributed by atoms with Crippen LogP contribution in [0, 0.1) is 6.92 Å². The summed E-state index contributed by atoms with van der Waals surface area (Å²) in [4.78, 5) is 16.7. The van der Waals surface area contributed by atoms with Crippen LogP contribution in [-0.2, 0) is 11.3 Å². The summed E-state index contributed by atoms with van der Waals surface area (Å²) in [6, 6.07) is 14.4. The van der Waals surface area contributed by atoms with Crippen LogP contribution in [0.4, 0.5) is 0 Å². The van der Waals surface area contributed by atoms with Crippen molar-refractivity contribution in [3.8, 4) is 23.0 Å². The number of ether oxygens (including phenoxy) is 3. The molecular formula is C20H19NO5. The number of oxazole rings is 1. The molecule has 0 aliphatic rings. The first-order chi connectivity index (χ1) is 12.6. The number of carbonyl (C=O) groups is 1. The van der Waals surface area contributed by atoms with E-state index < -0.39 is 5.97 Å². The highest BCUT2D eigenvalue weighted by Gasteiger charge is 2.16. The summed E-state index contributed by atoms with van der Waals surface area (Å²) in [6.07, 6.45) is 0. The molecule has 3 aromatic rings. The number of carbonyl (C=O) groups excluding carboxylic acids is 1. The van der Waals surface area contributed by atoms with Gasteiger partial charge in [-0.15, -0.1) is 0 Å². The Balaban J connectivity index is 1.71. The van der Waals surface area contributed by atoms with Crippen molar-refractivity contribution in [3.63, 3.8) is 0 Å². The smallest absolute Gasteiger partial charge is 0.338 e. The van der Waals surface area contributed by atoms with E-state index in [1.165, 1.54) is 14.2 Å². The van der Waals surface area contributed by atoms with E-state index in [-0.39, 0.29) is 6.61 Å². The molecule has 3 rings (SSSR count). The molecule has 0 spiro atoms. The van der Waals surface area contributed by atoms with Crippen LogP contribution in [0.5, 0.6) is 11.5 Å². The van der Waals surface area contributed by atoms with Crippen molar-refractivity contribution in [3.05, 3.63) is 65.5 Å². The summed E-state index contributed by atoms with van der Waals surface area (Å²) in [5.74, 6) is 1.65. The molecule has 2 aromatic carbocycles. The molecule has 1 heterocycles. The molecule has 0 atom stereocenters. The molecule has 0 fully saturated rings. The molecule has 0 bridgehead atoms. The van der Waals surface area contributed by atoms with Crippen LogP contribution < -0.4 is 9.47 Å². The van der Waals surface area contributed by atoms with Crippen molar-refractivity contribution < 1.29 is 23.4 Å². The summed E-state index contributed by atoms with van der Waals surface area (Å²) >= 11 is 0. The number of methoxy groups -OCH3 is 2. The molecule has 134 valence electrons. The minimum Gasteiger partial charge on any atom is -0.493 e. The molecule has 0 aliphatic carbocycles. The number of aryl methyl sites for hydroxylation is 1. The predicted molar refractivity (Wildman–Crippen MR) is 95.3 cm³/mol. The van der Waals surface area contributed by atoms with E-state index in [4.69, 9.17) is 18.6 Å². The van der Waals surface area contributed by atoms with Gasteiger partial charge in [0.25, 0.3) is 0 Å². The summed E-state index contributed by atoms with van der Waals surface area (Å²) in [6.45, 7) is 1.81. The van der Waals surface area contributed by atoms with Crippen LogP contribution in [0.1, 0.15) is 21.8 Å². The minimum absolute atomic E-state index is 0.0232. The van der Waals surface area contributed by atoms with Crippen LogP contribution in [0.25, 0.3) is 11.5 Å². The molecule has 0 radical (unpaired) electrons. The number of hydrogen-bond donors (Lipinski definition) is 0. The highest BCUT2D eigenvalue weighted by molar-refractivity contribution is 5.90. The predicted octanol–water partition coefficient (Wildman–Crippen LogP) is 4.02. The monoisotopic (exact) mass is 353 g/mol. The van der Waals surface area contributed by atoms with Crippen molar-refractivity contribution >= 4 is 5.97 Å². The topological polar surface area (TPSA) is 70.8 Å². The molecule has 0 saturated heterocycles. The quantitative estimate of drug-likeness (QED) is 0.623. The van der Waals surface area contributed by atoms with E-state index in [9.17, 15) is 4.79 Å². The number of benzene rings is 2. The van der Waals surface area contributed by atoms with Gasteiger partial charge in [-0.1, -0.05) is 18.2 Å². The van der Waals surface area contributed by atoms with E-state index in [0.717, 1.165) is 5.56 Å². The molecule has 0 N–H and O–H groups in total. The normalized spacial score (nSPS) is 10.4. The number of esters is 1. The number of aromatic nitrogens is 1. The maximum absolute atomic E-state index is 12.3. The second-order valence-corrected chi connectivity index (χ2v) is 5.53. The fourth-order valence-corrected chi connectivity index (χ4v) is 2.45. The first-order valence-corrected chi connectivity index (χ1v) is 8.03. The Labute approximate surface area is 151 Å². The van der Waals surface area contributed by atoms with Crippen LogP contribution in [0.3, 0.4) is 0 Å². The van der Waals surface area contributed by atoms with Gasteiger partial charge in [-0.05, 0) is 37.3 Å². The maximum Gasteiger partial charge on any atom is 0.338 e. The fraction of sp³-hybridized carbons (Fsp3) is 0.200. The van der Waals surface area contributed by atoms with Gasteiger partial charge in [0, 0.05) is 5.56 Å². The summed E-state index contributed by atoms with van der Waals surface area (Å²) in [5, 5.41) is 0. The average Bonchev–Trinajstić information content (AvgIpc) is 3.06. The molecule has 0 aliphatic heterocycles. The lowest BCUT2D eigenvalue weighted by atomic mass is 10.2. The third-order valence-corrected chi connectivity index (χ3v) is 3.87. The Hall–Kier alpha value is -3.28. The highest BCUT2D eigenvalue weighted by atomic mass is 16.5. The van der Waals surface area contributed by atoms with Gasteiger partial charge in [-0.3, -0.25) is 0 Å². The van der Waals surface area contributed by atoms with E-state index in [1.54, 1.807) is 25.1 Å². The fourth-order valence-electron chi connectivity index (χ4n) is 2.45. The molecule has 6 nitrogen and oxygen atoms in total. The van der Waals surface area contributed by atoms with E-state index in [0.29, 0.717) is 34.4 Å². The zero-order valence-electron chi connectivity index (χ0n) is 14.8. The molecule has 0 unspecified atom stereocenters. The van der Waals surface area contributed by atoms with Gasteiger partial charge < -0.3 is 18.6 Å². The standard InChI is InChI=1S/C20H19NO5/c1-13-16(21-19(26-13)14-7-5-4-6-8-14)12-25-20(22)15-9-10-17(23-2)18(11-15)24-3/h4-11H,12H2,1-3H3. The second-order valence-electron chi connectivity index (χ2n) is 5.53. The number of nitrogens with zero attached hydrogens (tertiary/aromatic N) is 1. The van der Waals surface area contributed by atoms with Gasteiger partial charge in [0.05, 0.1) is 19.8 Å². The van der Waals surface area contributed by atoms with Crippen LogP contribution >= 0.6 is 0 Å². The van der Waals surface area contributed by atoms with Crippen molar-refractivity contribution in [2.24, 2.45) is 0 Å². The Morgan fingerprint density at radius 2 is 1.77 bits per heavy atom. The molecule has 0 amide bonds. The SMILES string of the molecule is COc1ccc(C(=O)OCc2nc(-c3ccccc3)oc2C)cc1OC. The van der Waals surface area contributed by atoms with Gasteiger partial charge in [0.15, 0.2) is 11.5 Å². The van der Waals surface area contributed by atoms with Gasteiger partial charge in [0.1, 0.15) is 18.1 Å². The first-order valence-electron chi connectivity index (χ1n) is 8.03. The lowest BCUT2D eigenvalue weighted by molar-refractivity contribution is 0.0466. The summed E-state index contributed by atoms with van der Waals surface area (Å²) in [5.41, 5.74) is 1.82. The van der Waals surface area contributed by atoms with Gasteiger partial charge in [0.2, 0.25) is 5.89 Å². The van der Waals surface area contributed by atoms with Gasteiger partial charge in [-0.2, -0.15) is 0 Å². The molecular weight excluding hydrogens is 334 g/mol. The van der Waals surface area contributed by atoms with Crippen molar-refractivity contribution in [2.75, 3.05) is 14.2 Å². The second kappa shape index (κ2) is 7.74. The highest BCUT2D eigenvalue weighted by Crippen LogP contribution is 2.28. The van der Waals surface area contributed by atoms with Crippen LogP contribution in [0.2, 0.25) is 0 Å². The van der Waals surface area contributed by atoms with Gasteiger partial charge in [-0.25, -0.2) is 9.78 Å². The van der Waals surface area contributed by atoms with Gasteiger partial charge >= 0.3 is 5.97 Å². The molecule has 26 heavy (non-hydrogen) atoms. The van der Waals surface area contributed by atoms with E-state index in [1.807, 2.05) is 30.3 Å². The minimum atomic E-state index is -0.477. The summed E-state index contributed by atoms with van der Waals surface area (Å²) in [7, 11) is 3.05.